The van der Waals surface area contributed by atoms with Gasteiger partial charge in [0, 0.05) is 30.4 Å². The first-order valence-corrected chi connectivity index (χ1v) is 12.2. The molecule has 0 bridgehead atoms. The van der Waals surface area contributed by atoms with E-state index in [2.05, 4.69) is 44.5 Å². The zero-order valence-electron chi connectivity index (χ0n) is 18.2. The van der Waals surface area contributed by atoms with Crippen molar-refractivity contribution in [1.82, 2.24) is 19.2 Å². The highest BCUT2D eigenvalue weighted by Crippen LogP contribution is 2.37. The third-order valence-electron chi connectivity index (χ3n) is 6.46. The second-order valence-electron chi connectivity index (χ2n) is 8.32. The Morgan fingerprint density at radius 2 is 1.94 bits per heavy atom. The summed E-state index contributed by atoms with van der Waals surface area (Å²) in [6.45, 7) is 5.83. The van der Waals surface area contributed by atoms with Gasteiger partial charge < -0.3 is 5.32 Å². The van der Waals surface area contributed by atoms with Crippen LogP contribution in [-0.4, -0.2) is 55.7 Å². The van der Waals surface area contributed by atoms with E-state index in [1.165, 1.54) is 46.4 Å². The molecule has 1 N–H and O–H groups in total. The van der Waals surface area contributed by atoms with E-state index in [4.69, 9.17) is 25.8 Å². The van der Waals surface area contributed by atoms with Crippen LogP contribution in [0.3, 0.4) is 0 Å². The summed E-state index contributed by atoms with van der Waals surface area (Å²) in [7, 11) is 1.54. The van der Waals surface area contributed by atoms with E-state index in [0.29, 0.717) is 5.92 Å². The molecule has 32 heavy (non-hydrogen) atoms. The number of nitrogens with zero attached hydrogens (tertiary/aromatic N) is 3. The van der Waals surface area contributed by atoms with Gasteiger partial charge in [-0.3, -0.25) is 4.98 Å². The SMILES string of the molecule is COOSN1CCC(c2c3ccc(Cl)cc3cc(=[N+]3CCNCC3)c3cccnc23)CC1. The number of rotatable bonds is 4. The number of pyridine rings is 1. The molecule has 3 heterocycles. The number of piperazine rings is 1. The molecule has 3 aromatic rings. The van der Waals surface area contributed by atoms with Crippen molar-refractivity contribution in [3.8, 4) is 0 Å². The molecule has 8 heteroatoms. The van der Waals surface area contributed by atoms with Crippen LogP contribution in [0.4, 0.5) is 0 Å². The highest BCUT2D eigenvalue weighted by molar-refractivity contribution is 7.92. The topological polar surface area (TPSA) is 49.6 Å². The van der Waals surface area contributed by atoms with Crippen LogP contribution in [0.15, 0.2) is 42.6 Å². The normalized spacial score (nSPS) is 18.5. The van der Waals surface area contributed by atoms with Crippen LogP contribution in [0.1, 0.15) is 24.3 Å². The molecular weight excluding hydrogens is 444 g/mol. The van der Waals surface area contributed by atoms with Crippen LogP contribution in [0.5, 0.6) is 0 Å². The van der Waals surface area contributed by atoms with Crippen molar-refractivity contribution < 1.29 is 9.22 Å². The Morgan fingerprint density at radius 1 is 1.12 bits per heavy atom. The van der Waals surface area contributed by atoms with E-state index in [0.717, 1.165) is 62.6 Å². The Hall–Kier alpha value is -1.74. The lowest BCUT2D eigenvalue weighted by Gasteiger charge is -2.30. The van der Waals surface area contributed by atoms with Gasteiger partial charge in [-0.25, -0.2) is 13.8 Å². The number of benzene rings is 1. The van der Waals surface area contributed by atoms with Gasteiger partial charge in [0.1, 0.15) is 12.2 Å². The molecule has 0 aliphatic carbocycles. The van der Waals surface area contributed by atoms with Gasteiger partial charge in [0.15, 0.2) is 13.1 Å². The Morgan fingerprint density at radius 3 is 2.72 bits per heavy atom. The Kier molecular flexibility index (Phi) is 6.92. The van der Waals surface area contributed by atoms with E-state index >= 15 is 0 Å². The fourth-order valence-corrected chi connectivity index (χ4v) is 5.64. The molecule has 6 nitrogen and oxygen atoms in total. The number of piperidine rings is 1. The summed E-state index contributed by atoms with van der Waals surface area (Å²) in [6, 6.07) is 12.9. The summed E-state index contributed by atoms with van der Waals surface area (Å²) in [5, 5.41) is 9.12. The lowest BCUT2D eigenvalue weighted by atomic mass is 9.87. The standard InChI is InChI=1S/C24H28ClN4O2S/c1-30-31-32-29-11-6-17(7-12-29)23-20-5-4-19(25)15-18(20)16-22(28-13-9-26-10-14-28)21-3-2-8-27-24(21)23/h2-5,8,15-17,26H,6-7,9-14H2,1H3/q+1. The van der Waals surface area contributed by atoms with Gasteiger partial charge in [-0.2, -0.15) is 0 Å². The number of nitrogens with one attached hydrogen (secondary N) is 1. The van der Waals surface area contributed by atoms with Crippen molar-refractivity contribution in [3.05, 3.63) is 58.5 Å². The predicted molar refractivity (Wildman–Crippen MR) is 131 cm³/mol. The van der Waals surface area contributed by atoms with E-state index in [1.807, 2.05) is 12.3 Å². The molecule has 0 radical (unpaired) electrons. The Balaban J connectivity index is 1.72. The number of hydrogen-bond acceptors (Lipinski definition) is 6. The average molecular weight is 472 g/mol. The fourth-order valence-electron chi connectivity index (χ4n) is 4.95. The summed E-state index contributed by atoms with van der Waals surface area (Å²) < 4.78 is 9.76. The molecule has 168 valence electrons. The lowest BCUT2D eigenvalue weighted by molar-refractivity contribution is -0.163. The summed E-state index contributed by atoms with van der Waals surface area (Å²) in [5.74, 6) is 0.416. The molecule has 2 saturated heterocycles. The van der Waals surface area contributed by atoms with Crippen LogP contribution in [0.25, 0.3) is 21.7 Å². The molecule has 5 rings (SSSR count). The molecule has 0 unspecified atom stereocenters. The van der Waals surface area contributed by atoms with Crippen molar-refractivity contribution in [1.29, 1.82) is 0 Å². The lowest BCUT2D eigenvalue weighted by Crippen LogP contribution is -2.45. The third-order valence-corrected chi connectivity index (χ3v) is 7.47. The van der Waals surface area contributed by atoms with Crippen molar-refractivity contribution in [2.75, 3.05) is 46.4 Å². The van der Waals surface area contributed by atoms with E-state index < -0.39 is 0 Å². The van der Waals surface area contributed by atoms with Gasteiger partial charge in [-0.15, -0.1) is 4.33 Å². The summed E-state index contributed by atoms with van der Waals surface area (Å²) >= 11 is 7.75. The number of hydrogen-bond donors (Lipinski definition) is 1. The van der Waals surface area contributed by atoms with Crippen LogP contribution in [-0.2, 0) is 9.22 Å². The van der Waals surface area contributed by atoms with Crippen molar-refractivity contribution in [2.45, 2.75) is 18.8 Å². The highest BCUT2D eigenvalue weighted by atomic mass is 35.5. The van der Waals surface area contributed by atoms with E-state index in [1.54, 1.807) is 0 Å². The van der Waals surface area contributed by atoms with Gasteiger partial charge in [0.25, 0.3) is 0 Å². The van der Waals surface area contributed by atoms with Gasteiger partial charge in [0.05, 0.1) is 31.1 Å². The maximum Gasteiger partial charge on any atom is 0.210 e. The number of halogens is 1. The highest BCUT2D eigenvalue weighted by Gasteiger charge is 2.26. The molecular formula is C24H28ClN4O2S+. The van der Waals surface area contributed by atoms with Gasteiger partial charge in [-0.1, -0.05) is 17.7 Å². The molecule has 0 atom stereocenters. The second kappa shape index (κ2) is 10.0. The molecule has 0 saturated carbocycles. The molecule has 0 amide bonds. The summed E-state index contributed by atoms with van der Waals surface area (Å²) in [5.41, 5.74) is 2.45. The molecule has 2 fully saturated rings. The van der Waals surface area contributed by atoms with Crippen LogP contribution in [0, 0.1) is 0 Å². The first-order valence-electron chi connectivity index (χ1n) is 11.2. The summed E-state index contributed by atoms with van der Waals surface area (Å²) in [6.07, 6.45) is 4.00. The molecule has 2 aromatic carbocycles. The molecule has 2 aliphatic rings. The smallest absolute Gasteiger partial charge is 0.210 e. The maximum absolute atomic E-state index is 6.46. The minimum Gasteiger partial charge on any atom is -0.305 e. The number of aromatic nitrogens is 1. The van der Waals surface area contributed by atoms with E-state index in [9.17, 15) is 0 Å². The third kappa shape index (κ3) is 4.51. The van der Waals surface area contributed by atoms with Crippen molar-refractivity contribution >= 4 is 45.5 Å². The van der Waals surface area contributed by atoms with Crippen LogP contribution < -0.4 is 15.2 Å². The molecule has 0 spiro atoms. The first kappa shape index (κ1) is 22.1. The maximum atomic E-state index is 6.46. The zero-order valence-corrected chi connectivity index (χ0v) is 19.8. The minimum atomic E-state index is 0.416. The quantitative estimate of drug-likeness (QED) is 0.206. The largest absolute Gasteiger partial charge is 0.305 e. The van der Waals surface area contributed by atoms with Crippen molar-refractivity contribution in [3.63, 3.8) is 0 Å². The minimum absolute atomic E-state index is 0.416. The fraction of sp³-hybridized carbons (Fsp3) is 0.417. The van der Waals surface area contributed by atoms with Crippen LogP contribution in [0.2, 0.25) is 5.02 Å². The molecule has 2 aliphatic heterocycles. The van der Waals surface area contributed by atoms with Gasteiger partial charge in [0.2, 0.25) is 5.36 Å². The second-order valence-corrected chi connectivity index (χ2v) is 9.56. The average Bonchev–Trinajstić information content (AvgIpc) is 2.98. The van der Waals surface area contributed by atoms with Crippen molar-refractivity contribution in [2.24, 2.45) is 0 Å². The Labute approximate surface area is 197 Å². The first-order chi connectivity index (χ1) is 15.7. The van der Waals surface area contributed by atoms with Gasteiger partial charge >= 0.3 is 0 Å². The van der Waals surface area contributed by atoms with Crippen LogP contribution >= 0.6 is 23.8 Å². The zero-order chi connectivity index (χ0) is 21.9. The predicted octanol–water partition coefficient (Wildman–Crippen LogP) is 3.74. The summed E-state index contributed by atoms with van der Waals surface area (Å²) in [4.78, 5) is 9.71. The van der Waals surface area contributed by atoms with Gasteiger partial charge in [-0.05, 0) is 59.4 Å². The number of fused-ring (bicyclic) bond motifs is 2. The van der Waals surface area contributed by atoms with E-state index in [-0.39, 0.29) is 0 Å². The Bertz CT molecular complexity index is 1190. The monoisotopic (exact) mass is 471 g/mol. The molecule has 1 aromatic heterocycles.